The Kier molecular flexibility index (Phi) is 4.80. The maximum absolute atomic E-state index is 13.6. The molecule has 128 valence electrons. The minimum absolute atomic E-state index is 0.199. The first-order valence-electron chi connectivity index (χ1n) is 8.03. The lowest BCUT2D eigenvalue weighted by Crippen LogP contribution is -2.34. The average molecular weight is 331 g/mol. The van der Waals surface area contributed by atoms with Crippen molar-refractivity contribution < 1.29 is 9.18 Å². The minimum Gasteiger partial charge on any atom is -0.324 e. The largest absolute Gasteiger partial charge is 0.324 e. The summed E-state index contributed by atoms with van der Waals surface area (Å²) in [7, 11) is 4.07. The summed E-state index contributed by atoms with van der Waals surface area (Å²) in [6, 6.07) is 5.87. The van der Waals surface area contributed by atoms with Crippen molar-refractivity contribution in [3.8, 4) is 5.69 Å². The van der Waals surface area contributed by atoms with E-state index in [1.807, 2.05) is 14.1 Å². The van der Waals surface area contributed by atoms with Crippen LogP contribution in [0, 0.1) is 11.7 Å². The number of nitrogens with one attached hydrogen (secondary N) is 1. The number of hydrogen-bond donors (Lipinski definition) is 1. The fourth-order valence-electron chi connectivity index (χ4n) is 3.10. The van der Waals surface area contributed by atoms with Crippen molar-refractivity contribution in [2.75, 3.05) is 39.0 Å². The zero-order valence-corrected chi connectivity index (χ0v) is 13.9. The minimum atomic E-state index is -0.395. The van der Waals surface area contributed by atoms with E-state index in [4.69, 9.17) is 0 Å². The van der Waals surface area contributed by atoms with Gasteiger partial charge in [0.1, 0.15) is 5.82 Å². The second kappa shape index (κ2) is 7.00. The van der Waals surface area contributed by atoms with Crippen LogP contribution in [0.15, 0.2) is 36.7 Å². The number of anilines is 1. The van der Waals surface area contributed by atoms with Crippen molar-refractivity contribution in [2.45, 2.75) is 6.42 Å². The van der Waals surface area contributed by atoms with Crippen LogP contribution in [0.3, 0.4) is 0 Å². The molecule has 1 N–H and O–H groups in total. The maximum atomic E-state index is 13.6. The van der Waals surface area contributed by atoms with E-state index in [2.05, 4.69) is 15.3 Å². The van der Waals surface area contributed by atoms with Gasteiger partial charge >= 0.3 is 6.03 Å². The lowest BCUT2D eigenvalue weighted by molar-refractivity contribution is 0.219. The van der Waals surface area contributed by atoms with Gasteiger partial charge in [0.15, 0.2) is 0 Å². The molecule has 1 unspecified atom stereocenters. The predicted molar refractivity (Wildman–Crippen MR) is 90.8 cm³/mol. The van der Waals surface area contributed by atoms with Gasteiger partial charge in [0, 0.05) is 32.0 Å². The summed E-state index contributed by atoms with van der Waals surface area (Å²) in [6.07, 6.45) is 4.38. The molecular formula is C17H22FN5O. The molecule has 7 heteroatoms. The van der Waals surface area contributed by atoms with Crippen molar-refractivity contribution in [2.24, 2.45) is 5.92 Å². The van der Waals surface area contributed by atoms with Crippen LogP contribution < -0.4 is 5.32 Å². The van der Waals surface area contributed by atoms with Crippen LogP contribution in [-0.4, -0.2) is 59.3 Å². The first-order chi connectivity index (χ1) is 11.5. The number of rotatable bonds is 4. The normalized spacial score (nSPS) is 17.5. The van der Waals surface area contributed by atoms with Crippen LogP contribution in [0.2, 0.25) is 0 Å². The highest BCUT2D eigenvalue weighted by Gasteiger charge is 2.27. The van der Waals surface area contributed by atoms with Crippen LogP contribution in [0.1, 0.15) is 6.42 Å². The molecule has 1 aromatic carbocycles. The third-order valence-electron chi connectivity index (χ3n) is 4.15. The fourth-order valence-corrected chi connectivity index (χ4v) is 3.10. The van der Waals surface area contributed by atoms with Crippen LogP contribution >= 0.6 is 0 Å². The van der Waals surface area contributed by atoms with Gasteiger partial charge in [-0.2, -0.15) is 5.10 Å². The number of likely N-dealkylation sites (tertiary alicyclic amines) is 1. The molecule has 0 radical (unpaired) electrons. The molecule has 2 amide bonds. The summed E-state index contributed by atoms with van der Waals surface area (Å²) in [5.41, 5.74) is 1.05. The van der Waals surface area contributed by atoms with E-state index in [-0.39, 0.29) is 6.03 Å². The number of nitrogens with zero attached hydrogens (tertiary/aromatic N) is 4. The molecule has 0 aliphatic carbocycles. The summed E-state index contributed by atoms with van der Waals surface area (Å²) in [4.78, 5) is 16.4. The average Bonchev–Trinajstić information content (AvgIpc) is 3.18. The van der Waals surface area contributed by atoms with Gasteiger partial charge in [-0.25, -0.2) is 13.9 Å². The topological polar surface area (TPSA) is 53.4 Å². The molecule has 3 rings (SSSR count). The number of amides is 2. The van der Waals surface area contributed by atoms with E-state index in [0.717, 1.165) is 26.1 Å². The zero-order chi connectivity index (χ0) is 17.1. The second-order valence-electron chi connectivity index (χ2n) is 6.41. The van der Waals surface area contributed by atoms with E-state index in [1.54, 1.807) is 34.1 Å². The van der Waals surface area contributed by atoms with Crippen LogP contribution in [0.25, 0.3) is 5.69 Å². The molecule has 1 fully saturated rings. The Morgan fingerprint density at radius 1 is 1.46 bits per heavy atom. The third kappa shape index (κ3) is 3.73. The maximum Gasteiger partial charge on any atom is 0.321 e. The van der Waals surface area contributed by atoms with E-state index < -0.39 is 5.82 Å². The smallest absolute Gasteiger partial charge is 0.321 e. The summed E-state index contributed by atoms with van der Waals surface area (Å²) in [6.45, 7) is 2.40. The van der Waals surface area contributed by atoms with Gasteiger partial charge in [-0.15, -0.1) is 0 Å². The molecule has 0 bridgehead atoms. The summed E-state index contributed by atoms with van der Waals surface area (Å²) in [5.74, 6) is 0.0805. The molecule has 0 spiro atoms. The first-order valence-corrected chi connectivity index (χ1v) is 8.03. The standard InChI is InChI=1S/C17H22FN5O/c1-21(2)11-13-6-9-22(12-13)17(24)20-15-10-14(18)4-5-16(15)23-8-3-7-19-23/h3-5,7-8,10,13H,6,9,11-12H2,1-2H3,(H,20,24). The van der Waals surface area contributed by atoms with Crippen molar-refractivity contribution in [1.82, 2.24) is 19.6 Å². The number of urea groups is 1. The molecule has 1 atom stereocenters. The second-order valence-corrected chi connectivity index (χ2v) is 6.41. The lowest BCUT2D eigenvalue weighted by atomic mass is 10.1. The van der Waals surface area contributed by atoms with Crippen molar-refractivity contribution in [3.63, 3.8) is 0 Å². The number of carbonyl (C=O) groups is 1. The number of hydrogen-bond acceptors (Lipinski definition) is 3. The van der Waals surface area contributed by atoms with Crippen LogP contribution in [-0.2, 0) is 0 Å². The van der Waals surface area contributed by atoms with Crippen molar-refractivity contribution in [1.29, 1.82) is 0 Å². The fraction of sp³-hybridized carbons (Fsp3) is 0.412. The lowest BCUT2D eigenvalue weighted by Gasteiger charge is -2.20. The number of benzene rings is 1. The van der Waals surface area contributed by atoms with Gasteiger partial charge in [0.05, 0.1) is 11.4 Å². The molecular weight excluding hydrogens is 309 g/mol. The van der Waals surface area contributed by atoms with E-state index in [1.165, 1.54) is 12.1 Å². The van der Waals surface area contributed by atoms with E-state index >= 15 is 0 Å². The quantitative estimate of drug-likeness (QED) is 0.936. The van der Waals surface area contributed by atoms with Crippen LogP contribution in [0.5, 0.6) is 0 Å². The predicted octanol–water partition coefficient (Wildman–Crippen LogP) is 2.43. The molecule has 2 heterocycles. The van der Waals surface area contributed by atoms with Crippen molar-refractivity contribution in [3.05, 3.63) is 42.5 Å². The molecule has 1 aliphatic heterocycles. The monoisotopic (exact) mass is 331 g/mol. The van der Waals surface area contributed by atoms with E-state index in [0.29, 0.717) is 17.3 Å². The summed E-state index contributed by atoms with van der Waals surface area (Å²) >= 11 is 0. The van der Waals surface area contributed by atoms with Crippen molar-refractivity contribution >= 4 is 11.7 Å². The van der Waals surface area contributed by atoms with Gasteiger partial charge < -0.3 is 15.1 Å². The Morgan fingerprint density at radius 3 is 3.00 bits per heavy atom. The van der Waals surface area contributed by atoms with Gasteiger partial charge in [-0.1, -0.05) is 0 Å². The SMILES string of the molecule is CN(C)CC1CCN(C(=O)Nc2cc(F)ccc2-n2cccn2)C1. The Hall–Kier alpha value is -2.41. The molecule has 0 saturated carbocycles. The van der Waals surface area contributed by atoms with Gasteiger partial charge in [0.2, 0.25) is 0 Å². The van der Waals surface area contributed by atoms with Gasteiger partial charge in [-0.3, -0.25) is 0 Å². The van der Waals surface area contributed by atoms with Gasteiger partial charge in [-0.05, 0) is 50.7 Å². The van der Waals surface area contributed by atoms with Gasteiger partial charge in [0.25, 0.3) is 0 Å². The highest BCUT2D eigenvalue weighted by atomic mass is 19.1. The molecule has 1 aliphatic rings. The summed E-state index contributed by atoms with van der Waals surface area (Å²) in [5, 5.41) is 6.98. The molecule has 2 aromatic rings. The third-order valence-corrected chi connectivity index (χ3v) is 4.15. The highest BCUT2D eigenvalue weighted by Crippen LogP contribution is 2.23. The Labute approximate surface area is 140 Å². The number of carbonyl (C=O) groups excluding carboxylic acids is 1. The first kappa shape index (κ1) is 16.4. The summed E-state index contributed by atoms with van der Waals surface area (Å²) < 4.78 is 15.2. The molecule has 24 heavy (non-hydrogen) atoms. The zero-order valence-electron chi connectivity index (χ0n) is 13.9. The Bertz CT molecular complexity index is 701. The number of halogens is 1. The molecule has 1 aromatic heterocycles. The molecule has 1 saturated heterocycles. The highest BCUT2D eigenvalue weighted by molar-refractivity contribution is 5.91. The Balaban J connectivity index is 1.72. The van der Waals surface area contributed by atoms with E-state index in [9.17, 15) is 9.18 Å². The number of aromatic nitrogens is 2. The van der Waals surface area contributed by atoms with Crippen LogP contribution in [0.4, 0.5) is 14.9 Å². The molecule has 6 nitrogen and oxygen atoms in total. The Morgan fingerprint density at radius 2 is 2.29 bits per heavy atom.